The molecule has 7 nitrogen and oxygen atoms in total. The first-order chi connectivity index (χ1) is 17.4. The predicted octanol–water partition coefficient (Wildman–Crippen LogP) is 5.01. The van der Waals surface area contributed by atoms with Crippen LogP contribution in [0.25, 0.3) is 22.4 Å². The van der Waals surface area contributed by atoms with E-state index in [0.29, 0.717) is 21.8 Å². The topological polar surface area (TPSA) is 81.3 Å². The second kappa shape index (κ2) is 9.62. The Bertz CT molecular complexity index is 1640. The minimum Gasteiger partial charge on any atom is -0.349 e. The summed E-state index contributed by atoms with van der Waals surface area (Å²) in [5, 5.41) is 12.6. The number of aromatic nitrogens is 4. The summed E-state index contributed by atoms with van der Waals surface area (Å²) in [5.74, 6) is 0.320. The molecule has 1 N–H and O–H groups in total. The Morgan fingerprint density at radius 2 is 1.64 bits per heavy atom. The summed E-state index contributed by atoms with van der Waals surface area (Å²) < 4.78 is 3.48. The molecule has 182 valence electrons. The third-order valence-electron chi connectivity index (χ3n) is 6.52. The molecule has 8 heteroatoms. The summed E-state index contributed by atoms with van der Waals surface area (Å²) in [7, 11) is 0. The van der Waals surface area contributed by atoms with E-state index in [1.54, 1.807) is 4.57 Å². The van der Waals surface area contributed by atoms with Gasteiger partial charge < -0.3 is 5.32 Å². The van der Waals surface area contributed by atoms with Crippen LogP contribution in [0.5, 0.6) is 0 Å². The molecule has 0 bridgehead atoms. The molecule has 2 atom stereocenters. The first kappa shape index (κ1) is 23.8. The normalized spacial score (nSPS) is 13.1. The van der Waals surface area contributed by atoms with Gasteiger partial charge in [-0.25, -0.2) is 4.57 Å². The minimum atomic E-state index is -0.427. The molecule has 5 rings (SSSR count). The number of aryl methyl sites for hydroxylation is 1. The second-order valence-electron chi connectivity index (χ2n) is 8.90. The Balaban J connectivity index is 1.57. The molecular weight excluding hydrogens is 470 g/mol. The lowest BCUT2D eigenvalue weighted by molar-refractivity contribution is -0.120. The van der Waals surface area contributed by atoms with Crippen LogP contribution in [0.4, 0.5) is 0 Å². The highest BCUT2D eigenvalue weighted by atomic mass is 32.2. The van der Waals surface area contributed by atoms with Gasteiger partial charge in [-0.15, -0.1) is 10.2 Å². The third kappa shape index (κ3) is 4.18. The van der Waals surface area contributed by atoms with E-state index in [9.17, 15) is 9.59 Å². The molecular formula is C28H27N5O2S. The van der Waals surface area contributed by atoms with Crippen LogP contribution in [0.15, 0.2) is 82.7 Å². The van der Waals surface area contributed by atoms with E-state index in [4.69, 9.17) is 0 Å². The summed E-state index contributed by atoms with van der Waals surface area (Å²) in [6, 6.07) is 23.0. The number of hydrogen-bond donors (Lipinski definition) is 1. The number of carbonyl (C=O) groups is 1. The second-order valence-corrected chi connectivity index (χ2v) is 10.2. The smallest absolute Gasteiger partial charge is 0.267 e. The van der Waals surface area contributed by atoms with E-state index in [1.807, 2.05) is 105 Å². The first-order valence-electron chi connectivity index (χ1n) is 11.8. The monoisotopic (exact) mass is 497 g/mol. The van der Waals surface area contributed by atoms with Crippen molar-refractivity contribution < 1.29 is 4.79 Å². The highest BCUT2D eigenvalue weighted by Crippen LogP contribution is 2.27. The fraction of sp³-hybridized carbons (Fsp3) is 0.214. The van der Waals surface area contributed by atoms with Crippen LogP contribution in [0.3, 0.4) is 0 Å². The number of amides is 1. The Kier molecular flexibility index (Phi) is 6.36. The standard InChI is InChI=1S/C28H27N5O2S/c1-17-11-10-16-23(18(17)2)32-26(35)22-14-8-9-15-24(22)33-27(32)30-31-28(33)36-20(4)25(34)29-19(3)21-12-6-5-7-13-21/h5-16,19-20H,1-4H3,(H,29,34). The van der Waals surface area contributed by atoms with Crippen LogP contribution in [0.1, 0.15) is 36.6 Å². The van der Waals surface area contributed by atoms with Crippen molar-refractivity contribution in [2.75, 3.05) is 0 Å². The molecule has 0 aliphatic rings. The fourth-order valence-electron chi connectivity index (χ4n) is 4.32. The van der Waals surface area contributed by atoms with Crippen molar-refractivity contribution in [1.82, 2.24) is 24.5 Å². The van der Waals surface area contributed by atoms with Crippen LogP contribution < -0.4 is 10.9 Å². The van der Waals surface area contributed by atoms with Gasteiger partial charge in [-0.3, -0.25) is 14.0 Å². The van der Waals surface area contributed by atoms with Crippen molar-refractivity contribution in [2.24, 2.45) is 0 Å². The average molecular weight is 498 g/mol. The van der Waals surface area contributed by atoms with Gasteiger partial charge in [-0.05, 0) is 62.6 Å². The molecule has 3 aromatic carbocycles. The number of para-hydroxylation sites is 1. The van der Waals surface area contributed by atoms with Gasteiger partial charge in [0.1, 0.15) is 0 Å². The summed E-state index contributed by atoms with van der Waals surface area (Å²) in [6.45, 7) is 7.83. The Morgan fingerprint density at radius 3 is 2.42 bits per heavy atom. The van der Waals surface area contributed by atoms with Gasteiger partial charge in [0.25, 0.3) is 5.56 Å². The van der Waals surface area contributed by atoms with E-state index >= 15 is 0 Å². The van der Waals surface area contributed by atoms with E-state index in [0.717, 1.165) is 22.4 Å². The van der Waals surface area contributed by atoms with Gasteiger partial charge in [0.2, 0.25) is 11.7 Å². The van der Waals surface area contributed by atoms with Gasteiger partial charge in [-0.1, -0.05) is 66.4 Å². The summed E-state index contributed by atoms with van der Waals surface area (Å²) in [4.78, 5) is 26.6. The Hall–Kier alpha value is -3.91. The zero-order chi connectivity index (χ0) is 25.4. The van der Waals surface area contributed by atoms with Crippen molar-refractivity contribution >= 4 is 34.3 Å². The van der Waals surface area contributed by atoms with Crippen molar-refractivity contribution in [2.45, 2.75) is 44.1 Å². The lowest BCUT2D eigenvalue weighted by Gasteiger charge is -2.18. The number of rotatable bonds is 6. The van der Waals surface area contributed by atoms with Gasteiger partial charge in [0, 0.05) is 0 Å². The maximum atomic E-state index is 13.6. The lowest BCUT2D eigenvalue weighted by atomic mass is 10.1. The molecule has 2 heterocycles. The number of nitrogens with one attached hydrogen (secondary N) is 1. The summed E-state index contributed by atoms with van der Waals surface area (Å²) in [6.07, 6.45) is 0. The molecule has 36 heavy (non-hydrogen) atoms. The van der Waals surface area contributed by atoms with Gasteiger partial charge >= 0.3 is 0 Å². The minimum absolute atomic E-state index is 0.0970. The van der Waals surface area contributed by atoms with Crippen LogP contribution in [-0.4, -0.2) is 30.3 Å². The molecule has 1 amide bonds. The highest BCUT2D eigenvalue weighted by Gasteiger charge is 2.23. The van der Waals surface area contributed by atoms with E-state index in [2.05, 4.69) is 15.5 Å². The SMILES string of the molecule is Cc1cccc(-n2c(=O)c3ccccc3n3c(SC(C)C(=O)NC(C)c4ccccc4)nnc23)c1C. The highest BCUT2D eigenvalue weighted by molar-refractivity contribution is 8.00. The molecule has 2 aromatic heterocycles. The van der Waals surface area contributed by atoms with Gasteiger partial charge in [0.15, 0.2) is 5.16 Å². The number of hydrogen-bond acceptors (Lipinski definition) is 5. The molecule has 5 aromatic rings. The maximum absolute atomic E-state index is 13.6. The fourth-order valence-corrected chi connectivity index (χ4v) is 5.18. The van der Waals surface area contributed by atoms with E-state index in [1.165, 1.54) is 11.8 Å². The molecule has 0 saturated carbocycles. The molecule has 0 fully saturated rings. The van der Waals surface area contributed by atoms with Crippen LogP contribution >= 0.6 is 11.8 Å². The number of nitrogens with zero attached hydrogens (tertiary/aromatic N) is 4. The lowest BCUT2D eigenvalue weighted by Crippen LogP contribution is -2.33. The number of carbonyl (C=O) groups excluding carboxylic acids is 1. The number of thioether (sulfide) groups is 1. The molecule has 0 spiro atoms. The summed E-state index contributed by atoms with van der Waals surface area (Å²) >= 11 is 1.32. The van der Waals surface area contributed by atoms with E-state index in [-0.39, 0.29) is 17.5 Å². The zero-order valence-electron chi connectivity index (χ0n) is 20.6. The van der Waals surface area contributed by atoms with Crippen LogP contribution in [0, 0.1) is 13.8 Å². The van der Waals surface area contributed by atoms with Crippen molar-refractivity contribution in [1.29, 1.82) is 0 Å². The van der Waals surface area contributed by atoms with Crippen LogP contribution in [0.2, 0.25) is 0 Å². The van der Waals surface area contributed by atoms with Crippen molar-refractivity contribution in [3.05, 3.63) is 99.8 Å². The maximum Gasteiger partial charge on any atom is 0.267 e. The van der Waals surface area contributed by atoms with Gasteiger partial charge in [0.05, 0.1) is 27.9 Å². The van der Waals surface area contributed by atoms with Gasteiger partial charge in [-0.2, -0.15) is 0 Å². The number of fused-ring (bicyclic) bond motifs is 3. The molecule has 0 radical (unpaired) electrons. The molecule has 2 unspecified atom stereocenters. The molecule has 0 aliphatic heterocycles. The largest absolute Gasteiger partial charge is 0.349 e. The summed E-state index contributed by atoms with van der Waals surface area (Å²) in [5.41, 5.74) is 4.44. The predicted molar refractivity (Wildman–Crippen MR) is 144 cm³/mol. The Labute approximate surface area is 213 Å². The van der Waals surface area contributed by atoms with E-state index < -0.39 is 5.25 Å². The number of benzene rings is 3. The first-order valence-corrected chi connectivity index (χ1v) is 12.7. The van der Waals surface area contributed by atoms with Crippen LogP contribution in [-0.2, 0) is 4.79 Å². The zero-order valence-corrected chi connectivity index (χ0v) is 21.4. The third-order valence-corrected chi connectivity index (χ3v) is 7.56. The quantitative estimate of drug-likeness (QED) is 0.334. The van der Waals surface area contributed by atoms with Crippen molar-refractivity contribution in [3.8, 4) is 5.69 Å². The molecule has 0 saturated heterocycles. The Morgan fingerprint density at radius 1 is 0.917 bits per heavy atom. The molecule has 0 aliphatic carbocycles. The average Bonchev–Trinajstić information content (AvgIpc) is 3.30. The van der Waals surface area contributed by atoms with Crippen molar-refractivity contribution in [3.63, 3.8) is 0 Å².